The summed E-state index contributed by atoms with van der Waals surface area (Å²) in [6.45, 7) is 0.587. The van der Waals surface area contributed by atoms with E-state index in [1.54, 1.807) is 17.0 Å². The number of aliphatic hydroxyl groups excluding tert-OH is 2. The fraction of sp³-hybridized carbons (Fsp3) is 0.417. The van der Waals surface area contributed by atoms with Crippen LogP contribution >= 0.6 is 23.2 Å². The third-order valence-electron chi connectivity index (χ3n) is 2.43. The van der Waals surface area contributed by atoms with Crippen molar-refractivity contribution in [3.8, 4) is 0 Å². The van der Waals surface area contributed by atoms with Gasteiger partial charge in [-0.3, -0.25) is 9.69 Å². The van der Waals surface area contributed by atoms with Crippen molar-refractivity contribution < 1.29 is 15.0 Å². The molecule has 0 unspecified atom stereocenters. The Hall–Kier alpha value is -0.650. The number of ketones is 1. The molecule has 100 valence electrons. The van der Waals surface area contributed by atoms with E-state index in [1.165, 1.54) is 6.07 Å². The molecule has 0 aromatic heterocycles. The first-order chi connectivity index (χ1) is 8.58. The molecule has 0 aliphatic rings. The maximum atomic E-state index is 12.0. The molecular formula is C12H15Cl2NO3. The van der Waals surface area contributed by atoms with Gasteiger partial charge >= 0.3 is 0 Å². The molecule has 2 N–H and O–H groups in total. The number of benzene rings is 1. The quantitative estimate of drug-likeness (QED) is 0.747. The van der Waals surface area contributed by atoms with Crippen LogP contribution in [0.2, 0.25) is 10.0 Å². The number of hydrogen-bond acceptors (Lipinski definition) is 4. The Balaban J connectivity index is 2.76. The van der Waals surface area contributed by atoms with Gasteiger partial charge in [0.1, 0.15) is 0 Å². The van der Waals surface area contributed by atoms with E-state index < -0.39 is 0 Å². The van der Waals surface area contributed by atoms with Crippen LogP contribution in [0.5, 0.6) is 0 Å². The van der Waals surface area contributed by atoms with Crippen LogP contribution in [0.15, 0.2) is 18.2 Å². The molecule has 0 saturated carbocycles. The molecule has 0 heterocycles. The molecule has 1 aromatic carbocycles. The number of rotatable bonds is 7. The van der Waals surface area contributed by atoms with Gasteiger partial charge in [0, 0.05) is 23.7 Å². The molecule has 0 aliphatic heterocycles. The van der Waals surface area contributed by atoms with Crippen molar-refractivity contribution in [1.82, 2.24) is 4.90 Å². The van der Waals surface area contributed by atoms with E-state index in [0.717, 1.165) is 0 Å². The van der Waals surface area contributed by atoms with E-state index in [0.29, 0.717) is 28.7 Å². The first kappa shape index (κ1) is 15.4. The van der Waals surface area contributed by atoms with Gasteiger partial charge in [-0.1, -0.05) is 23.2 Å². The van der Waals surface area contributed by atoms with Crippen molar-refractivity contribution in [2.45, 2.75) is 0 Å². The number of Topliss-reactive ketones (excluding diaryl/α,β-unsaturated/α-hetero) is 1. The third kappa shape index (κ3) is 4.55. The van der Waals surface area contributed by atoms with Gasteiger partial charge in [-0.2, -0.15) is 0 Å². The molecule has 0 fully saturated rings. The monoisotopic (exact) mass is 291 g/mol. The lowest BCUT2D eigenvalue weighted by molar-refractivity contribution is 0.0894. The maximum Gasteiger partial charge on any atom is 0.178 e. The highest BCUT2D eigenvalue weighted by atomic mass is 35.5. The Morgan fingerprint density at radius 3 is 2.33 bits per heavy atom. The van der Waals surface area contributed by atoms with Gasteiger partial charge < -0.3 is 10.2 Å². The van der Waals surface area contributed by atoms with Crippen molar-refractivity contribution in [2.75, 3.05) is 32.8 Å². The van der Waals surface area contributed by atoms with E-state index >= 15 is 0 Å². The van der Waals surface area contributed by atoms with Gasteiger partial charge in [-0.15, -0.1) is 0 Å². The third-order valence-corrected chi connectivity index (χ3v) is 2.99. The molecule has 0 bridgehead atoms. The molecule has 0 amide bonds. The van der Waals surface area contributed by atoms with Crippen molar-refractivity contribution >= 4 is 29.0 Å². The SMILES string of the molecule is O=C(CN(CCO)CCO)c1cc(Cl)ccc1Cl. The van der Waals surface area contributed by atoms with Crippen LogP contribution in [0, 0.1) is 0 Å². The molecule has 0 saturated heterocycles. The molecule has 1 aromatic rings. The minimum Gasteiger partial charge on any atom is -0.395 e. The molecule has 1 rings (SSSR count). The second-order valence-corrected chi connectivity index (χ2v) is 4.61. The summed E-state index contributed by atoms with van der Waals surface area (Å²) in [5.41, 5.74) is 0.352. The summed E-state index contributed by atoms with van der Waals surface area (Å²) in [5.74, 6) is -0.190. The van der Waals surface area contributed by atoms with Crippen LogP contribution in [0.25, 0.3) is 0 Å². The lowest BCUT2D eigenvalue weighted by Gasteiger charge is -2.19. The predicted molar refractivity (Wildman–Crippen MR) is 71.4 cm³/mol. The Morgan fingerprint density at radius 2 is 1.78 bits per heavy atom. The molecule has 0 radical (unpaired) electrons. The van der Waals surface area contributed by atoms with Crippen molar-refractivity contribution in [3.63, 3.8) is 0 Å². The fourth-order valence-electron chi connectivity index (χ4n) is 1.55. The average Bonchev–Trinajstić information content (AvgIpc) is 2.33. The van der Waals surface area contributed by atoms with Crippen LogP contribution in [0.3, 0.4) is 0 Å². The molecule has 4 nitrogen and oxygen atoms in total. The van der Waals surface area contributed by atoms with Crippen LogP contribution in [0.4, 0.5) is 0 Å². The van der Waals surface area contributed by atoms with Gasteiger partial charge in [0.2, 0.25) is 0 Å². The molecule has 6 heteroatoms. The first-order valence-electron chi connectivity index (χ1n) is 5.50. The summed E-state index contributed by atoms with van der Waals surface area (Å²) in [6.07, 6.45) is 0. The Morgan fingerprint density at radius 1 is 1.17 bits per heavy atom. The van der Waals surface area contributed by atoms with E-state index in [4.69, 9.17) is 33.4 Å². The summed E-state index contributed by atoms with van der Waals surface area (Å²) in [4.78, 5) is 13.7. The largest absolute Gasteiger partial charge is 0.395 e. The summed E-state index contributed by atoms with van der Waals surface area (Å²) < 4.78 is 0. The molecule has 18 heavy (non-hydrogen) atoms. The number of aliphatic hydroxyl groups is 2. The second kappa shape index (κ2) is 7.71. The first-order valence-corrected chi connectivity index (χ1v) is 6.26. The van der Waals surface area contributed by atoms with E-state index in [9.17, 15) is 4.79 Å². The molecular weight excluding hydrogens is 277 g/mol. The van der Waals surface area contributed by atoms with Gasteiger partial charge in [0.15, 0.2) is 5.78 Å². The highest BCUT2D eigenvalue weighted by Crippen LogP contribution is 2.21. The molecule has 0 spiro atoms. The lowest BCUT2D eigenvalue weighted by Crippen LogP contribution is -2.34. The minimum atomic E-state index is -0.190. The highest BCUT2D eigenvalue weighted by Gasteiger charge is 2.15. The fourth-order valence-corrected chi connectivity index (χ4v) is 1.95. The van der Waals surface area contributed by atoms with E-state index in [1.807, 2.05) is 0 Å². The number of halogens is 2. The number of carbonyl (C=O) groups is 1. The smallest absolute Gasteiger partial charge is 0.178 e. The number of nitrogens with zero attached hydrogens (tertiary/aromatic N) is 1. The summed E-state index contributed by atoms with van der Waals surface area (Å²) >= 11 is 11.7. The number of hydrogen-bond donors (Lipinski definition) is 2. The Labute approximate surface area is 116 Å². The molecule has 0 aliphatic carbocycles. The van der Waals surface area contributed by atoms with Crippen LogP contribution in [0.1, 0.15) is 10.4 Å². The van der Waals surface area contributed by atoms with Gasteiger partial charge in [-0.05, 0) is 18.2 Å². The van der Waals surface area contributed by atoms with Crippen molar-refractivity contribution in [3.05, 3.63) is 33.8 Å². The van der Waals surface area contributed by atoms with Gasteiger partial charge in [0.05, 0.1) is 24.8 Å². The van der Waals surface area contributed by atoms with Crippen molar-refractivity contribution in [2.24, 2.45) is 0 Å². The van der Waals surface area contributed by atoms with Crippen LogP contribution in [-0.4, -0.2) is 53.7 Å². The minimum absolute atomic E-state index is 0.0729. The van der Waals surface area contributed by atoms with Gasteiger partial charge in [-0.25, -0.2) is 0 Å². The summed E-state index contributed by atoms with van der Waals surface area (Å²) in [7, 11) is 0. The highest BCUT2D eigenvalue weighted by molar-refractivity contribution is 6.36. The topological polar surface area (TPSA) is 60.8 Å². The standard InChI is InChI=1S/C12H15Cl2NO3/c13-9-1-2-11(14)10(7-9)12(18)8-15(3-5-16)4-6-17/h1-2,7,16-17H,3-6,8H2. The van der Waals surface area contributed by atoms with E-state index in [2.05, 4.69) is 0 Å². The van der Waals surface area contributed by atoms with E-state index in [-0.39, 0.29) is 25.5 Å². The van der Waals surface area contributed by atoms with Gasteiger partial charge in [0.25, 0.3) is 0 Å². The van der Waals surface area contributed by atoms with Crippen molar-refractivity contribution in [1.29, 1.82) is 0 Å². The lowest BCUT2D eigenvalue weighted by atomic mass is 10.1. The normalized spacial score (nSPS) is 10.9. The predicted octanol–water partition coefficient (Wildman–Crippen LogP) is 1.46. The Bertz CT molecular complexity index is 406. The van der Waals surface area contributed by atoms with Crippen LogP contribution in [-0.2, 0) is 0 Å². The zero-order valence-corrected chi connectivity index (χ0v) is 11.3. The Kier molecular flexibility index (Phi) is 6.60. The second-order valence-electron chi connectivity index (χ2n) is 3.77. The summed E-state index contributed by atoms with van der Waals surface area (Å²) in [6, 6.07) is 4.70. The zero-order valence-electron chi connectivity index (χ0n) is 9.77. The molecule has 0 atom stereocenters. The number of carbonyl (C=O) groups excluding carboxylic acids is 1. The summed E-state index contributed by atoms with van der Waals surface area (Å²) in [5, 5.41) is 18.5. The van der Waals surface area contributed by atoms with Crippen LogP contribution < -0.4 is 0 Å². The maximum absolute atomic E-state index is 12.0. The zero-order chi connectivity index (χ0) is 13.5. The average molecular weight is 292 g/mol.